The van der Waals surface area contributed by atoms with Gasteiger partial charge in [0, 0.05) is 11.9 Å². The first-order valence-corrected chi connectivity index (χ1v) is 6.92. The molecule has 17 heavy (non-hydrogen) atoms. The summed E-state index contributed by atoms with van der Waals surface area (Å²) in [7, 11) is 1.92. The van der Waals surface area contributed by atoms with E-state index in [1.165, 1.54) is 0 Å². The van der Waals surface area contributed by atoms with Crippen LogP contribution >= 0.6 is 27.3 Å². The predicted octanol–water partition coefficient (Wildman–Crippen LogP) is 3.20. The van der Waals surface area contributed by atoms with Gasteiger partial charge in [-0.25, -0.2) is 4.98 Å². The third kappa shape index (κ3) is 3.52. The maximum absolute atomic E-state index is 5.69. The molecule has 0 amide bonds. The Bertz CT molecular complexity index is 487. The summed E-state index contributed by atoms with van der Waals surface area (Å²) >= 11 is 5.10. The first-order valence-electron chi connectivity index (χ1n) is 5.25. The molecule has 1 aromatic heterocycles. The number of halogens is 1. The SMILES string of the molecule is CNCc1nc(COc2ccccc2Br)cs1. The van der Waals surface area contributed by atoms with E-state index in [9.17, 15) is 0 Å². The lowest BCUT2D eigenvalue weighted by Crippen LogP contribution is -2.05. The maximum atomic E-state index is 5.69. The Kier molecular flexibility index (Phi) is 4.53. The summed E-state index contributed by atoms with van der Waals surface area (Å²) in [5.74, 6) is 0.843. The van der Waals surface area contributed by atoms with Gasteiger partial charge in [0.15, 0.2) is 0 Å². The van der Waals surface area contributed by atoms with Crippen LogP contribution in [0.1, 0.15) is 10.7 Å². The minimum absolute atomic E-state index is 0.503. The summed E-state index contributed by atoms with van der Waals surface area (Å²) in [4.78, 5) is 4.46. The molecule has 1 heterocycles. The molecule has 0 aliphatic rings. The average Bonchev–Trinajstić information content (AvgIpc) is 2.76. The van der Waals surface area contributed by atoms with Crippen LogP contribution in [0.3, 0.4) is 0 Å². The molecule has 0 aliphatic carbocycles. The van der Waals surface area contributed by atoms with Crippen molar-refractivity contribution in [3.05, 3.63) is 44.8 Å². The van der Waals surface area contributed by atoms with E-state index in [2.05, 4.69) is 26.2 Å². The zero-order chi connectivity index (χ0) is 12.1. The zero-order valence-electron chi connectivity index (χ0n) is 9.44. The van der Waals surface area contributed by atoms with E-state index < -0.39 is 0 Å². The fourth-order valence-electron chi connectivity index (χ4n) is 1.36. The van der Waals surface area contributed by atoms with Crippen molar-refractivity contribution >= 4 is 27.3 Å². The van der Waals surface area contributed by atoms with Crippen LogP contribution in [0.4, 0.5) is 0 Å². The number of ether oxygens (including phenoxy) is 1. The van der Waals surface area contributed by atoms with Crippen LogP contribution in [0.25, 0.3) is 0 Å². The quantitative estimate of drug-likeness (QED) is 0.920. The van der Waals surface area contributed by atoms with Crippen molar-refractivity contribution in [1.82, 2.24) is 10.3 Å². The molecule has 0 atom stereocenters. The Hall–Kier alpha value is -0.910. The van der Waals surface area contributed by atoms with Crippen molar-refractivity contribution in [2.75, 3.05) is 7.05 Å². The van der Waals surface area contributed by atoms with Gasteiger partial charge in [0.05, 0.1) is 10.2 Å². The van der Waals surface area contributed by atoms with Crippen molar-refractivity contribution in [2.45, 2.75) is 13.2 Å². The van der Waals surface area contributed by atoms with E-state index in [0.717, 1.165) is 27.5 Å². The van der Waals surface area contributed by atoms with E-state index in [1.807, 2.05) is 36.7 Å². The molecule has 5 heteroatoms. The lowest BCUT2D eigenvalue weighted by Gasteiger charge is -2.05. The molecule has 0 radical (unpaired) electrons. The number of rotatable bonds is 5. The highest BCUT2D eigenvalue weighted by atomic mass is 79.9. The molecule has 0 aliphatic heterocycles. The summed E-state index contributed by atoms with van der Waals surface area (Å²) in [6.07, 6.45) is 0. The second-order valence-electron chi connectivity index (χ2n) is 3.48. The largest absolute Gasteiger partial charge is 0.486 e. The molecule has 0 saturated heterocycles. The second kappa shape index (κ2) is 6.14. The topological polar surface area (TPSA) is 34.2 Å². The summed E-state index contributed by atoms with van der Waals surface area (Å²) in [6, 6.07) is 7.81. The molecule has 0 spiro atoms. The number of nitrogens with one attached hydrogen (secondary N) is 1. The first-order chi connectivity index (χ1) is 8.29. The van der Waals surface area contributed by atoms with E-state index in [4.69, 9.17) is 4.74 Å². The van der Waals surface area contributed by atoms with Crippen molar-refractivity contribution in [1.29, 1.82) is 0 Å². The van der Waals surface area contributed by atoms with E-state index >= 15 is 0 Å². The Balaban J connectivity index is 1.95. The molecule has 0 unspecified atom stereocenters. The van der Waals surface area contributed by atoms with E-state index in [1.54, 1.807) is 11.3 Å². The first kappa shape index (κ1) is 12.5. The molecule has 0 bridgehead atoms. The molecule has 1 aromatic carbocycles. The third-order valence-corrected chi connectivity index (χ3v) is 3.69. The maximum Gasteiger partial charge on any atom is 0.134 e. The predicted molar refractivity (Wildman–Crippen MR) is 73.4 cm³/mol. The van der Waals surface area contributed by atoms with Crippen LogP contribution in [0, 0.1) is 0 Å². The van der Waals surface area contributed by atoms with Crippen LogP contribution in [0.15, 0.2) is 34.1 Å². The van der Waals surface area contributed by atoms with Crippen molar-refractivity contribution in [2.24, 2.45) is 0 Å². The monoisotopic (exact) mass is 312 g/mol. The number of hydrogen-bond donors (Lipinski definition) is 1. The van der Waals surface area contributed by atoms with Crippen LogP contribution in [-0.2, 0) is 13.2 Å². The average molecular weight is 313 g/mol. The van der Waals surface area contributed by atoms with Crippen molar-refractivity contribution < 1.29 is 4.74 Å². The second-order valence-corrected chi connectivity index (χ2v) is 5.28. The fourth-order valence-corrected chi connectivity index (χ4v) is 2.55. The molecule has 2 rings (SSSR count). The van der Waals surface area contributed by atoms with Gasteiger partial charge in [-0.2, -0.15) is 0 Å². The van der Waals surface area contributed by atoms with Crippen LogP contribution in [-0.4, -0.2) is 12.0 Å². The zero-order valence-corrected chi connectivity index (χ0v) is 11.8. The Morgan fingerprint density at radius 3 is 3.00 bits per heavy atom. The number of para-hydroxylation sites is 1. The van der Waals surface area contributed by atoms with Gasteiger partial charge in [-0.1, -0.05) is 12.1 Å². The van der Waals surface area contributed by atoms with Crippen molar-refractivity contribution in [3.8, 4) is 5.75 Å². The van der Waals surface area contributed by atoms with Crippen LogP contribution < -0.4 is 10.1 Å². The number of thiazole rings is 1. The minimum atomic E-state index is 0.503. The highest BCUT2D eigenvalue weighted by Crippen LogP contribution is 2.24. The molecule has 3 nitrogen and oxygen atoms in total. The lowest BCUT2D eigenvalue weighted by molar-refractivity contribution is 0.300. The van der Waals surface area contributed by atoms with Crippen LogP contribution in [0.5, 0.6) is 5.75 Å². The van der Waals surface area contributed by atoms with E-state index in [-0.39, 0.29) is 0 Å². The fraction of sp³-hybridized carbons (Fsp3) is 0.250. The van der Waals surface area contributed by atoms with Gasteiger partial charge >= 0.3 is 0 Å². The van der Waals surface area contributed by atoms with Gasteiger partial charge in [0.25, 0.3) is 0 Å². The number of nitrogens with zero attached hydrogens (tertiary/aromatic N) is 1. The summed E-state index contributed by atoms with van der Waals surface area (Å²) in [5.41, 5.74) is 0.969. The van der Waals surface area contributed by atoms with Gasteiger partial charge < -0.3 is 10.1 Å². The lowest BCUT2D eigenvalue weighted by atomic mass is 10.3. The van der Waals surface area contributed by atoms with Gasteiger partial charge in [0.1, 0.15) is 17.4 Å². The molecular weight excluding hydrogens is 300 g/mol. The summed E-state index contributed by atoms with van der Waals surface area (Å²) in [6.45, 7) is 1.31. The molecule has 1 N–H and O–H groups in total. The van der Waals surface area contributed by atoms with E-state index in [0.29, 0.717) is 6.61 Å². The molecule has 0 fully saturated rings. The number of benzene rings is 1. The van der Waals surface area contributed by atoms with Gasteiger partial charge in [0.2, 0.25) is 0 Å². The molecular formula is C12H13BrN2OS. The van der Waals surface area contributed by atoms with Crippen molar-refractivity contribution in [3.63, 3.8) is 0 Å². The van der Waals surface area contributed by atoms with Gasteiger partial charge in [-0.3, -0.25) is 0 Å². The highest BCUT2D eigenvalue weighted by molar-refractivity contribution is 9.10. The number of hydrogen-bond acceptors (Lipinski definition) is 4. The smallest absolute Gasteiger partial charge is 0.134 e. The standard InChI is InChI=1S/C12H13BrN2OS/c1-14-6-12-15-9(8-17-12)7-16-11-5-3-2-4-10(11)13/h2-5,8,14H,6-7H2,1H3. The third-order valence-electron chi connectivity index (χ3n) is 2.14. The Labute approximate surface area is 113 Å². The van der Waals surface area contributed by atoms with Gasteiger partial charge in [-0.05, 0) is 35.1 Å². The Morgan fingerprint density at radius 1 is 1.41 bits per heavy atom. The minimum Gasteiger partial charge on any atom is -0.486 e. The molecule has 2 aromatic rings. The summed E-state index contributed by atoms with van der Waals surface area (Å²) in [5, 5.41) is 6.19. The highest BCUT2D eigenvalue weighted by Gasteiger charge is 2.04. The van der Waals surface area contributed by atoms with Crippen LogP contribution in [0.2, 0.25) is 0 Å². The normalized spacial score (nSPS) is 10.5. The summed E-state index contributed by atoms with van der Waals surface area (Å²) < 4.78 is 6.65. The molecule has 0 saturated carbocycles. The number of aromatic nitrogens is 1. The Morgan fingerprint density at radius 2 is 2.24 bits per heavy atom. The van der Waals surface area contributed by atoms with Gasteiger partial charge in [-0.15, -0.1) is 11.3 Å². The molecule has 90 valence electrons.